The molecular weight excluding hydrogens is 286 g/mol. The molecule has 8 nitrogen and oxygen atoms in total. The first-order valence-electron chi connectivity index (χ1n) is 6.76. The van der Waals surface area contributed by atoms with E-state index >= 15 is 0 Å². The Balaban J connectivity index is 2.28. The van der Waals surface area contributed by atoms with E-state index in [1.54, 1.807) is 13.8 Å². The molecular formula is C14H17N5O3. The summed E-state index contributed by atoms with van der Waals surface area (Å²) < 4.78 is 6.36. The van der Waals surface area contributed by atoms with E-state index in [1.165, 1.54) is 19.2 Å². The van der Waals surface area contributed by atoms with E-state index in [1.807, 2.05) is 6.92 Å². The quantitative estimate of drug-likeness (QED) is 0.898. The second-order valence-corrected chi connectivity index (χ2v) is 4.62. The van der Waals surface area contributed by atoms with Gasteiger partial charge in [-0.3, -0.25) is 9.59 Å². The van der Waals surface area contributed by atoms with Gasteiger partial charge in [0.05, 0.1) is 23.7 Å². The monoisotopic (exact) mass is 303 g/mol. The third-order valence-corrected chi connectivity index (χ3v) is 2.96. The van der Waals surface area contributed by atoms with E-state index in [2.05, 4.69) is 20.4 Å². The van der Waals surface area contributed by atoms with Crippen molar-refractivity contribution in [2.45, 2.75) is 20.8 Å². The first-order chi connectivity index (χ1) is 10.4. The lowest BCUT2D eigenvalue weighted by Gasteiger charge is -2.12. The second-order valence-electron chi connectivity index (χ2n) is 4.62. The summed E-state index contributed by atoms with van der Waals surface area (Å²) in [6, 6.07) is 2.93. The minimum Gasteiger partial charge on any atom is -0.464 e. The standard InChI is InChI=1S/C14H17N5O3/c1-5-22-14-15-8(2)12(9(3)16-14)17-13(21)10-6-7-11(20)19(4)18-10/h6-7H,5H2,1-4H3,(H,17,21). The molecule has 2 rings (SSSR count). The molecule has 0 aromatic carbocycles. The van der Waals surface area contributed by atoms with E-state index in [9.17, 15) is 9.59 Å². The number of nitrogens with one attached hydrogen (secondary N) is 1. The summed E-state index contributed by atoms with van der Waals surface area (Å²) in [5.41, 5.74) is 1.54. The van der Waals surface area contributed by atoms with Crippen LogP contribution in [0.4, 0.5) is 5.69 Å². The maximum atomic E-state index is 12.2. The van der Waals surface area contributed by atoms with Crippen LogP contribution in [0.3, 0.4) is 0 Å². The van der Waals surface area contributed by atoms with Crippen LogP contribution in [0.1, 0.15) is 28.8 Å². The Kier molecular flexibility index (Phi) is 4.50. The van der Waals surface area contributed by atoms with Crippen molar-refractivity contribution in [2.75, 3.05) is 11.9 Å². The summed E-state index contributed by atoms with van der Waals surface area (Å²) in [5, 5.41) is 6.62. The number of carbonyl (C=O) groups is 1. The molecule has 0 aliphatic carbocycles. The highest BCUT2D eigenvalue weighted by Crippen LogP contribution is 2.20. The highest BCUT2D eigenvalue weighted by Gasteiger charge is 2.15. The zero-order valence-electron chi connectivity index (χ0n) is 12.9. The van der Waals surface area contributed by atoms with Crippen LogP contribution in [0, 0.1) is 13.8 Å². The molecule has 0 bridgehead atoms. The molecule has 116 valence electrons. The fraction of sp³-hybridized carbons (Fsp3) is 0.357. The Morgan fingerprint density at radius 1 is 1.27 bits per heavy atom. The van der Waals surface area contributed by atoms with Crippen LogP contribution < -0.4 is 15.6 Å². The number of hydrogen-bond acceptors (Lipinski definition) is 6. The lowest BCUT2D eigenvalue weighted by atomic mass is 10.2. The molecule has 2 aromatic heterocycles. The van der Waals surface area contributed by atoms with Gasteiger partial charge in [0.1, 0.15) is 5.69 Å². The molecule has 2 heterocycles. The normalized spacial score (nSPS) is 10.4. The van der Waals surface area contributed by atoms with Gasteiger partial charge in [0.2, 0.25) is 0 Å². The topological polar surface area (TPSA) is 99.0 Å². The van der Waals surface area contributed by atoms with Crippen molar-refractivity contribution in [3.8, 4) is 6.01 Å². The molecule has 0 fully saturated rings. The number of aromatic nitrogens is 4. The molecule has 1 N–H and O–H groups in total. The fourth-order valence-electron chi connectivity index (χ4n) is 1.86. The van der Waals surface area contributed by atoms with Crippen molar-refractivity contribution in [2.24, 2.45) is 7.05 Å². The molecule has 0 saturated heterocycles. The van der Waals surface area contributed by atoms with Crippen LogP contribution >= 0.6 is 0 Å². The first kappa shape index (κ1) is 15.6. The van der Waals surface area contributed by atoms with E-state index in [0.29, 0.717) is 23.7 Å². The number of anilines is 1. The zero-order valence-corrected chi connectivity index (χ0v) is 12.9. The van der Waals surface area contributed by atoms with Gasteiger partial charge in [-0.25, -0.2) is 4.68 Å². The molecule has 0 aliphatic rings. The highest BCUT2D eigenvalue weighted by molar-refractivity contribution is 6.03. The number of nitrogens with zero attached hydrogens (tertiary/aromatic N) is 4. The Morgan fingerprint density at radius 3 is 2.45 bits per heavy atom. The van der Waals surface area contributed by atoms with Gasteiger partial charge in [-0.05, 0) is 26.8 Å². The molecule has 0 spiro atoms. The van der Waals surface area contributed by atoms with Gasteiger partial charge < -0.3 is 10.1 Å². The van der Waals surface area contributed by atoms with Crippen molar-refractivity contribution in [3.05, 3.63) is 39.6 Å². The summed E-state index contributed by atoms with van der Waals surface area (Å²) >= 11 is 0. The minimum atomic E-state index is -0.436. The SMILES string of the molecule is CCOc1nc(C)c(NC(=O)c2ccc(=O)n(C)n2)c(C)n1. The van der Waals surface area contributed by atoms with Gasteiger partial charge in [-0.2, -0.15) is 15.1 Å². The van der Waals surface area contributed by atoms with Crippen molar-refractivity contribution in [3.63, 3.8) is 0 Å². The van der Waals surface area contributed by atoms with Crippen LogP contribution in [0.25, 0.3) is 0 Å². The Hall–Kier alpha value is -2.77. The van der Waals surface area contributed by atoms with Crippen LogP contribution in [-0.2, 0) is 7.05 Å². The molecule has 2 aromatic rings. The third kappa shape index (κ3) is 3.27. The Morgan fingerprint density at radius 2 is 1.91 bits per heavy atom. The van der Waals surface area contributed by atoms with Gasteiger partial charge in [-0.1, -0.05) is 0 Å². The second kappa shape index (κ2) is 6.33. The van der Waals surface area contributed by atoms with E-state index in [4.69, 9.17) is 4.74 Å². The average molecular weight is 303 g/mol. The maximum Gasteiger partial charge on any atom is 0.316 e. The predicted octanol–water partition coefficient (Wildman–Crippen LogP) is 0.838. The van der Waals surface area contributed by atoms with E-state index < -0.39 is 5.91 Å². The molecule has 0 radical (unpaired) electrons. The summed E-state index contributed by atoms with van der Waals surface area (Å²) in [6.45, 7) is 5.81. The van der Waals surface area contributed by atoms with Crippen LogP contribution in [0.2, 0.25) is 0 Å². The summed E-state index contributed by atoms with van der Waals surface area (Å²) in [4.78, 5) is 31.9. The van der Waals surface area contributed by atoms with E-state index in [0.717, 1.165) is 4.68 Å². The smallest absolute Gasteiger partial charge is 0.316 e. The summed E-state index contributed by atoms with van der Waals surface area (Å²) in [6.07, 6.45) is 0. The van der Waals surface area contributed by atoms with Gasteiger partial charge in [0.15, 0.2) is 0 Å². The van der Waals surface area contributed by atoms with Gasteiger partial charge in [0.25, 0.3) is 11.5 Å². The van der Waals surface area contributed by atoms with Gasteiger partial charge in [0, 0.05) is 13.1 Å². The van der Waals surface area contributed by atoms with Crippen LogP contribution in [0.15, 0.2) is 16.9 Å². The lowest BCUT2D eigenvalue weighted by molar-refractivity contribution is 0.101. The van der Waals surface area contributed by atoms with E-state index in [-0.39, 0.29) is 17.3 Å². The van der Waals surface area contributed by atoms with Gasteiger partial charge >= 0.3 is 6.01 Å². The van der Waals surface area contributed by atoms with Crippen LogP contribution in [0.5, 0.6) is 6.01 Å². The lowest BCUT2D eigenvalue weighted by Crippen LogP contribution is -2.24. The number of ether oxygens (including phenoxy) is 1. The molecule has 0 unspecified atom stereocenters. The summed E-state index contributed by atoms with van der Waals surface area (Å²) in [5.74, 6) is -0.436. The van der Waals surface area contributed by atoms with Gasteiger partial charge in [-0.15, -0.1) is 0 Å². The molecule has 0 atom stereocenters. The molecule has 0 saturated carbocycles. The molecule has 22 heavy (non-hydrogen) atoms. The third-order valence-electron chi connectivity index (χ3n) is 2.96. The average Bonchev–Trinajstić information content (AvgIpc) is 2.46. The number of aryl methyl sites for hydroxylation is 3. The molecule has 1 amide bonds. The first-order valence-corrected chi connectivity index (χ1v) is 6.76. The Bertz CT molecular complexity index is 746. The molecule has 0 aliphatic heterocycles. The zero-order chi connectivity index (χ0) is 16.3. The fourth-order valence-corrected chi connectivity index (χ4v) is 1.86. The molecule has 8 heteroatoms. The van der Waals surface area contributed by atoms with Crippen molar-refractivity contribution in [1.29, 1.82) is 0 Å². The number of hydrogen-bond donors (Lipinski definition) is 1. The van der Waals surface area contributed by atoms with Crippen LogP contribution in [-0.4, -0.2) is 32.3 Å². The van der Waals surface area contributed by atoms with Crippen molar-refractivity contribution >= 4 is 11.6 Å². The van der Waals surface area contributed by atoms with Crippen molar-refractivity contribution < 1.29 is 9.53 Å². The maximum absolute atomic E-state index is 12.2. The largest absolute Gasteiger partial charge is 0.464 e. The number of carbonyl (C=O) groups excluding carboxylic acids is 1. The van der Waals surface area contributed by atoms with Crippen molar-refractivity contribution in [1.82, 2.24) is 19.7 Å². The predicted molar refractivity (Wildman–Crippen MR) is 80.1 cm³/mol. The highest BCUT2D eigenvalue weighted by atomic mass is 16.5. The number of rotatable bonds is 4. The Labute approximate surface area is 127 Å². The summed E-state index contributed by atoms with van der Waals surface area (Å²) in [7, 11) is 1.48. The minimum absolute atomic E-state index is 0.134. The number of amides is 1.